The smallest absolute Gasteiger partial charge is 0.314 e. The van der Waals surface area contributed by atoms with Crippen LogP contribution in [0.3, 0.4) is 0 Å². The zero-order valence-electron chi connectivity index (χ0n) is 14.1. The lowest BCUT2D eigenvalue weighted by Crippen LogP contribution is -2.05. The SMILES string of the molecule is Fc1cccc(Cc2ncnn2-c2cc(F)cc(-c3nnc(C(F)F)o3)c2)c1. The molecule has 0 amide bonds. The van der Waals surface area contributed by atoms with Crippen LogP contribution in [0, 0.1) is 11.6 Å². The highest BCUT2D eigenvalue weighted by Gasteiger charge is 2.18. The van der Waals surface area contributed by atoms with E-state index in [4.69, 9.17) is 4.42 Å². The van der Waals surface area contributed by atoms with Crippen LogP contribution in [-0.2, 0) is 6.42 Å². The van der Waals surface area contributed by atoms with E-state index in [0.29, 0.717) is 11.4 Å². The number of hydrogen-bond donors (Lipinski definition) is 0. The number of nitrogens with zero attached hydrogens (tertiary/aromatic N) is 5. The number of alkyl halides is 2. The number of aromatic nitrogens is 5. The van der Waals surface area contributed by atoms with Crippen molar-refractivity contribution in [3.8, 4) is 17.1 Å². The van der Waals surface area contributed by atoms with Gasteiger partial charge in [0.2, 0.25) is 5.89 Å². The topological polar surface area (TPSA) is 69.6 Å². The Bertz CT molecular complexity index is 1120. The fourth-order valence-electron chi connectivity index (χ4n) is 2.69. The molecule has 0 saturated carbocycles. The monoisotopic (exact) mass is 389 g/mol. The predicted octanol–water partition coefficient (Wildman–Crippen LogP) is 4.12. The van der Waals surface area contributed by atoms with E-state index in [0.717, 1.165) is 6.07 Å². The average molecular weight is 389 g/mol. The highest BCUT2D eigenvalue weighted by Crippen LogP contribution is 2.26. The molecule has 0 saturated heterocycles. The van der Waals surface area contributed by atoms with E-state index < -0.39 is 18.1 Å². The largest absolute Gasteiger partial charge is 0.415 e. The molecule has 0 fully saturated rings. The van der Waals surface area contributed by atoms with Gasteiger partial charge < -0.3 is 4.42 Å². The predicted molar refractivity (Wildman–Crippen MR) is 88.8 cm³/mol. The van der Waals surface area contributed by atoms with Crippen LogP contribution in [0.25, 0.3) is 17.1 Å². The fourth-order valence-corrected chi connectivity index (χ4v) is 2.69. The van der Waals surface area contributed by atoms with Crippen molar-refractivity contribution in [3.05, 3.63) is 77.7 Å². The summed E-state index contributed by atoms with van der Waals surface area (Å²) in [6.07, 6.45) is -1.40. The van der Waals surface area contributed by atoms with Crippen molar-refractivity contribution in [1.82, 2.24) is 25.0 Å². The first kappa shape index (κ1) is 17.8. The number of benzene rings is 2. The van der Waals surface area contributed by atoms with Gasteiger partial charge in [-0.15, -0.1) is 10.2 Å². The number of rotatable bonds is 5. The van der Waals surface area contributed by atoms with Gasteiger partial charge >= 0.3 is 6.43 Å². The molecule has 2 aromatic carbocycles. The van der Waals surface area contributed by atoms with Gasteiger partial charge in [0.05, 0.1) is 5.69 Å². The van der Waals surface area contributed by atoms with Crippen LogP contribution < -0.4 is 0 Å². The van der Waals surface area contributed by atoms with Gasteiger partial charge in [-0.25, -0.2) is 18.4 Å². The molecule has 0 aliphatic heterocycles. The van der Waals surface area contributed by atoms with Crippen LogP contribution in [0.1, 0.15) is 23.7 Å². The molecule has 0 atom stereocenters. The molecule has 0 aliphatic rings. The van der Waals surface area contributed by atoms with E-state index in [1.54, 1.807) is 12.1 Å². The first-order valence-corrected chi connectivity index (χ1v) is 8.06. The Balaban J connectivity index is 1.70. The van der Waals surface area contributed by atoms with Crippen molar-refractivity contribution in [2.75, 3.05) is 0 Å². The minimum atomic E-state index is -2.93. The van der Waals surface area contributed by atoms with Crippen molar-refractivity contribution in [2.45, 2.75) is 12.8 Å². The van der Waals surface area contributed by atoms with Crippen LogP contribution in [0.15, 0.2) is 53.2 Å². The highest BCUT2D eigenvalue weighted by atomic mass is 19.3. The molecule has 0 aliphatic carbocycles. The van der Waals surface area contributed by atoms with Gasteiger partial charge in [-0.2, -0.15) is 13.9 Å². The zero-order valence-corrected chi connectivity index (χ0v) is 14.1. The third kappa shape index (κ3) is 3.61. The number of hydrogen-bond acceptors (Lipinski definition) is 5. The summed E-state index contributed by atoms with van der Waals surface area (Å²) in [6, 6.07) is 9.71. The Morgan fingerprint density at radius 1 is 1.00 bits per heavy atom. The van der Waals surface area contributed by atoms with Gasteiger partial charge in [-0.1, -0.05) is 12.1 Å². The summed E-state index contributed by atoms with van der Waals surface area (Å²) in [6.45, 7) is 0. The third-order valence-electron chi connectivity index (χ3n) is 3.87. The van der Waals surface area contributed by atoms with Crippen LogP contribution >= 0.6 is 0 Å². The van der Waals surface area contributed by atoms with E-state index in [-0.39, 0.29) is 29.4 Å². The van der Waals surface area contributed by atoms with Crippen molar-refractivity contribution < 1.29 is 22.0 Å². The van der Waals surface area contributed by atoms with Crippen molar-refractivity contribution in [2.24, 2.45) is 0 Å². The fraction of sp³-hybridized carbons (Fsp3) is 0.111. The lowest BCUT2D eigenvalue weighted by Gasteiger charge is -2.08. The minimum Gasteiger partial charge on any atom is -0.415 e. The Labute approximate surface area is 155 Å². The van der Waals surface area contributed by atoms with Gasteiger partial charge in [0.1, 0.15) is 23.8 Å². The first-order chi connectivity index (χ1) is 13.5. The summed E-state index contributed by atoms with van der Waals surface area (Å²) < 4.78 is 59.1. The van der Waals surface area contributed by atoms with E-state index in [1.165, 1.54) is 35.3 Å². The summed E-state index contributed by atoms with van der Waals surface area (Å²) in [5.74, 6) is -1.71. The second-order valence-electron chi connectivity index (χ2n) is 5.84. The molecular weight excluding hydrogens is 378 g/mol. The van der Waals surface area contributed by atoms with Crippen molar-refractivity contribution in [1.29, 1.82) is 0 Å². The van der Waals surface area contributed by atoms with E-state index >= 15 is 0 Å². The highest BCUT2D eigenvalue weighted by molar-refractivity contribution is 5.57. The molecule has 0 spiro atoms. The molecular formula is C18H11F4N5O. The van der Waals surface area contributed by atoms with E-state index in [1.807, 2.05) is 0 Å². The third-order valence-corrected chi connectivity index (χ3v) is 3.87. The maximum Gasteiger partial charge on any atom is 0.314 e. The van der Waals surface area contributed by atoms with E-state index in [9.17, 15) is 17.6 Å². The summed E-state index contributed by atoms with van der Waals surface area (Å²) >= 11 is 0. The summed E-state index contributed by atoms with van der Waals surface area (Å²) in [5, 5.41) is 10.8. The van der Waals surface area contributed by atoms with E-state index in [2.05, 4.69) is 20.3 Å². The molecule has 142 valence electrons. The molecule has 0 N–H and O–H groups in total. The molecule has 10 heteroatoms. The van der Waals surface area contributed by atoms with Crippen LogP contribution in [0.5, 0.6) is 0 Å². The Hall–Kier alpha value is -3.56. The molecule has 4 rings (SSSR count). The summed E-state index contributed by atoms with van der Waals surface area (Å²) in [4.78, 5) is 4.13. The van der Waals surface area contributed by atoms with Crippen molar-refractivity contribution in [3.63, 3.8) is 0 Å². The quantitative estimate of drug-likeness (QED) is 0.480. The van der Waals surface area contributed by atoms with Gasteiger partial charge in [0.15, 0.2) is 0 Å². The molecule has 2 heterocycles. The Morgan fingerprint density at radius 3 is 2.61 bits per heavy atom. The lowest BCUT2D eigenvalue weighted by atomic mass is 10.1. The Morgan fingerprint density at radius 2 is 1.86 bits per heavy atom. The maximum atomic E-state index is 14.1. The van der Waals surface area contributed by atoms with Gasteiger partial charge in [-0.05, 0) is 35.9 Å². The van der Waals surface area contributed by atoms with Gasteiger partial charge in [0.25, 0.3) is 5.89 Å². The molecule has 4 aromatic rings. The zero-order chi connectivity index (χ0) is 19.7. The summed E-state index contributed by atoms with van der Waals surface area (Å²) in [5.41, 5.74) is 1.04. The van der Waals surface area contributed by atoms with Gasteiger partial charge in [0, 0.05) is 12.0 Å². The Kier molecular flexibility index (Phi) is 4.60. The van der Waals surface area contributed by atoms with Gasteiger partial charge in [-0.3, -0.25) is 0 Å². The number of halogens is 4. The molecule has 0 radical (unpaired) electrons. The maximum absolute atomic E-state index is 14.1. The lowest BCUT2D eigenvalue weighted by molar-refractivity contribution is 0.116. The normalized spacial score (nSPS) is 11.3. The first-order valence-electron chi connectivity index (χ1n) is 8.06. The molecule has 0 bridgehead atoms. The molecule has 6 nitrogen and oxygen atoms in total. The van der Waals surface area contributed by atoms with Crippen LogP contribution in [-0.4, -0.2) is 25.0 Å². The standard InChI is InChI=1S/C18H11F4N5O/c19-12-3-1-2-10(4-12)5-15-23-9-24-27(15)14-7-11(6-13(20)8-14)17-25-26-18(28-17)16(21)22/h1-4,6-9,16H,5H2. The van der Waals surface area contributed by atoms with Crippen LogP contribution in [0.4, 0.5) is 17.6 Å². The molecule has 0 unspecified atom stereocenters. The minimum absolute atomic E-state index is 0.113. The van der Waals surface area contributed by atoms with Crippen molar-refractivity contribution >= 4 is 0 Å². The molecule has 2 aromatic heterocycles. The molecule has 28 heavy (non-hydrogen) atoms. The van der Waals surface area contributed by atoms with Crippen LogP contribution in [0.2, 0.25) is 0 Å². The summed E-state index contributed by atoms with van der Waals surface area (Å²) in [7, 11) is 0. The second kappa shape index (κ2) is 7.22. The average Bonchev–Trinajstić information content (AvgIpc) is 3.31. The second-order valence-corrected chi connectivity index (χ2v) is 5.84.